The molecule has 1 fully saturated rings. The van der Waals surface area contributed by atoms with Crippen LogP contribution in [0, 0.1) is 5.82 Å². The topological polar surface area (TPSA) is 95.6 Å². The van der Waals surface area contributed by atoms with Crippen molar-refractivity contribution in [2.24, 2.45) is 0 Å². The summed E-state index contributed by atoms with van der Waals surface area (Å²) in [5.41, 5.74) is -0.279. The fraction of sp³-hybridized carbons (Fsp3) is 0.538. The summed E-state index contributed by atoms with van der Waals surface area (Å²) in [4.78, 5) is -0.189. The predicted molar refractivity (Wildman–Crippen MR) is 85.7 cm³/mol. The summed E-state index contributed by atoms with van der Waals surface area (Å²) >= 11 is 0. The van der Waals surface area contributed by atoms with E-state index in [1.54, 1.807) is 7.05 Å². The number of hydrogen-bond acceptors (Lipinski definition) is 5. The number of rotatable bonds is 5. The Bertz CT molecular complexity index is 780. The molecular weight excluding hydrogens is 345 g/mol. The highest BCUT2D eigenvalue weighted by atomic mass is 32.2. The molecule has 0 amide bonds. The molecule has 0 radical (unpaired) electrons. The molecule has 1 unspecified atom stereocenters. The molecule has 1 heterocycles. The van der Waals surface area contributed by atoms with Crippen molar-refractivity contribution in [2.45, 2.75) is 23.8 Å². The first-order valence-electron chi connectivity index (χ1n) is 7.08. The SMILES string of the molecule is CNC1CCCN(S(=O)(=O)c2ccc(NS(C)(=O)=O)c(F)c2)C1. The van der Waals surface area contributed by atoms with Gasteiger partial charge in [-0.3, -0.25) is 4.72 Å². The van der Waals surface area contributed by atoms with E-state index < -0.39 is 25.9 Å². The molecule has 0 aromatic heterocycles. The Morgan fingerprint density at radius 1 is 1.26 bits per heavy atom. The normalized spacial score (nSPS) is 20.4. The van der Waals surface area contributed by atoms with Crippen LogP contribution in [0.25, 0.3) is 0 Å². The molecule has 0 saturated carbocycles. The zero-order valence-corrected chi connectivity index (χ0v) is 14.5. The van der Waals surface area contributed by atoms with Gasteiger partial charge < -0.3 is 5.32 Å². The molecule has 0 aliphatic carbocycles. The maximum atomic E-state index is 14.0. The summed E-state index contributed by atoms with van der Waals surface area (Å²) in [5, 5.41) is 3.05. The van der Waals surface area contributed by atoms with Gasteiger partial charge in [0, 0.05) is 19.1 Å². The Labute approximate surface area is 136 Å². The molecule has 1 aromatic carbocycles. The maximum Gasteiger partial charge on any atom is 0.243 e. The van der Waals surface area contributed by atoms with Crippen molar-refractivity contribution in [3.05, 3.63) is 24.0 Å². The number of anilines is 1. The van der Waals surface area contributed by atoms with Gasteiger partial charge in [0.1, 0.15) is 5.82 Å². The van der Waals surface area contributed by atoms with Gasteiger partial charge in [0.15, 0.2) is 0 Å². The number of benzene rings is 1. The minimum absolute atomic E-state index is 0.0644. The molecule has 0 bridgehead atoms. The average molecular weight is 365 g/mol. The first-order chi connectivity index (χ1) is 10.6. The highest BCUT2D eigenvalue weighted by molar-refractivity contribution is 7.92. The van der Waals surface area contributed by atoms with Crippen molar-refractivity contribution in [3.8, 4) is 0 Å². The predicted octanol–water partition coefficient (Wildman–Crippen LogP) is 0.570. The van der Waals surface area contributed by atoms with Gasteiger partial charge in [-0.1, -0.05) is 0 Å². The number of nitrogens with one attached hydrogen (secondary N) is 2. The average Bonchev–Trinajstić information content (AvgIpc) is 2.48. The highest BCUT2D eigenvalue weighted by Gasteiger charge is 2.30. The van der Waals surface area contributed by atoms with E-state index in [1.807, 2.05) is 4.72 Å². The zero-order chi connectivity index (χ0) is 17.3. The highest BCUT2D eigenvalue weighted by Crippen LogP contribution is 2.24. The third-order valence-corrected chi connectivity index (χ3v) is 6.12. The van der Waals surface area contributed by atoms with Crippen molar-refractivity contribution in [1.82, 2.24) is 9.62 Å². The Balaban J connectivity index is 2.28. The molecule has 130 valence electrons. The van der Waals surface area contributed by atoms with Gasteiger partial charge in [-0.15, -0.1) is 0 Å². The second-order valence-corrected chi connectivity index (χ2v) is 9.19. The third-order valence-electron chi connectivity index (χ3n) is 3.67. The van der Waals surface area contributed by atoms with Crippen molar-refractivity contribution in [1.29, 1.82) is 0 Å². The zero-order valence-electron chi connectivity index (χ0n) is 12.9. The molecule has 1 saturated heterocycles. The number of halogens is 1. The van der Waals surface area contributed by atoms with E-state index in [1.165, 1.54) is 10.4 Å². The molecule has 23 heavy (non-hydrogen) atoms. The van der Waals surface area contributed by atoms with E-state index in [2.05, 4.69) is 5.32 Å². The lowest BCUT2D eigenvalue weighted by molar-refractivity contribution is 0.293. The van der Waals surface area contributed by atoms with Crippen LogP contribution in [0.15, 0.2) is 23.1 Å². The largest absolute Gasteiger partial charge is 0.316 e. The summed E-state index contributed by atoms with van der Waals surface area (Å²) in [5.74, 6) is -0.932. The van der Waals surface area contributed by atoms with Crippen LogP contribution in [0.4, 0.5) is 10.1 Å². The van der Waals surface area contributed by atoms with Crippen LogP contribution < -0.4 is 10.0 Å². The van der Waals surface area contributed by atoms with Gasteiger partial charge in [0.05, 0.1) is 16.8 Å². The standard InChI is InChI=1S/C13H20FN3O4S2/c1-15-10-4-3-7-17(9-10)23(20,21)11-5-6-13(12(14)8-11)16-22(2,18)19/h5-6,8,10,15-16H,3-4,7,9H2,1-2H3. The molecule has 7 nitrogen and oxygen atoms in total. The van der Waals surface area contributed by atoms with E-state index in [4.69, 9.17) is 0 Å². The number of likely N-dealkylation sites (N-methyl/N-ethyl adjacent to an activating group) is 1. The van der Waals surface area contributed by atoms with E-state index in [9.17, 15) is 21.2 Å². The van der Waals surface area contributed by atoms with Gasteiger partial charge >= 0.3 is 0 Å². The Morgan fingerprint density at radius 3 is 2.52 bits per heavy atom. The number of nitrogens with zero attached hydrogens (tertiary/aromatic N) is 1. The van der Waals surface area contributed by atoms with Gasteiger partial charge in [-0.2, -0.15) is 4.31 Å². The van der Waals surface area contributed by atoms with Crippen molar-refractivity contribution in [3.63, 3.8) is 0 Å². The van der Waals surface area contributed by atoms with Crippen LogP contribution in [-0.4, -0.2) is 53.6 Å². The second-order valence-electron chi connectivity index (χ2n) is 5.51. The van der Waals surface area contributed by atoms with Crippen LogP contribution in [0.3, 0.4) is 0 Å². The van der Waals surface area contributed by atoms with Crippen LogP contribution >= 0.6 is 0 Å². The molecule has 2 rings (SSSR count). The summed E-state index contributed by atoms with van der Waals surface area (Å²) in [6, 6.07) is 3.22. The summed E-state index contributed by atoms with van der Waals surface area (Å²) < 4.78 is 64.8. The second kappa shape index (κ2) is 6.71. The Kier molecular flexibility index (Phi) is 5.29. The van der Waals surface area contributed by atoms with E-state index >= 15 is 0 Å². The fourth-order valence-electron chi connectivity index (χ4n) is 2.48. The first-order valence-corrected chi connectivity index (χ1v) is 10.4. The number of piperidine rings is 1. The monoisotopic (exact) mass is 365 g/mol. The van der Waals surface area contributed by atoms with Crippen molar-refractivity contribution >= 4 is 25.7 Å². The molecule has 1 atom stereocenters. The van der Waals surface area contributed by atoms with Gasteiger partial charge in [-0.05, 0) is 38.1 Å². The van der Waals surface area contributed by atoms with Gasteiger partial charge in [0.2, 0.25) is 20.0 Å². The van der Waals surface area contributed by atoms with E-state index in [0.717, 1.165) is 31.2 Å². The lowest BCUT2D eigenvalue weighted by Crippen LogP contribution is -2.46. The first kappa shape index (κ1) is 18.1. The van der Waals surface area contributed by atoms with Crippen LogP contribution in [0.1, 0.15) is 12.8 Å². The Morgan fingerprint density at radius 2 is 1.96 bits per heavy atom. The summed E-state index contributed by atoms with van der Waals surface area (Å²) in [7, 11) is -5.68. The fourth-order valence-corrected chi connectivity index (χ4v) is 4.59. The molecular formula is C13H20FN3O4S2. The molecule has 1 aliphatic heterocycles. The minimum Gasteiger partial charge on any atom is -0.316 e. The minimum atomic E-state index is -3.81. The van der Waals surface area contributed by atoms with E-state index in [0.29, 0.717) is 13.1 Å². The molecule has 10 heteroatoms. The van der Waals surface area contributed by atoms with Crippen LogP contribution in [0.5, 0.6) is 0 Å². The number of hydrogen-bond donors (Lipinski definition) is 2. The lowest BCUT2D eigenvalue weighted by atomic mass is 10.1. The quantitative estimate of drug-likeness (QED) is 0.795. The number of sulfonamides is 2. The molecule has 1 aliphatic rings. The summed E-state index contributed by atoms with van der Waals surface area (Å²) in [6.45, 7) is 0.704. The molecule has 0 spiro atoms. The lowest BCUT2D eigenvalue weighted by Gasteiger charge is -2.31. The van der Waals surface area contributed by atoms with E-state index in [-0.39, 0.29) is 16.6 Å². The molecule has 2 N–H and O–H groups in total. The third kappa shape index (κ3) is 4.40. The van der Waals surface area contributed by atoms with Crippen LogP contribution in [0.2, 0.25) is 0 Å². The maximum absolute atomic E-state index is 14.0. The van der Waals surface area contributed by atoms with Crippen molar-refractivity contribution in [2.75, 3.05) is 31.1 Å². The summed E-state index contributed by atoms with van der Waals surface area (Å²) in [6.07, 6.45) is 2.50. The van der Waals surface area contributed by atoms with Crippen molar-refractivity contribution < 1.29 is 21.2 Å². The molecule has 1 aromatic rings. The van der Waals surface area contributed by atoms with Gasteiger partial charge in [0.25, 0.3) is 0 Å². The Hall–Kier alpha value is -1.23. The smallest absolute Gasteiger partial charge is 0.243 e. The van der Waals surface area contributed by atoms with Crippen LogP contribution in [-0.2, 0) is 20.0 Å². The van der Waals surface area contributed by atoms with Gasteiger partial charge in [-0.25, -0.2) is 21.2 Å².